The maximum atomic E-state index is 12.1. The van der Waals surface area contributed by atoms with E-state index in [9.17, 15) is 18.0 Å². The fourth-order valence-corrected chi connectivity index (χ4v) is 4.38. The van der Waals surface area contributed by atoms with E-state index in [1.807, 2.05) is 0 Å². The van der Waals surface area contributed by atoms with E-state index in [1.54, 1.807) is 0 Å². The first-order valence-electron chi connectivity index (χ1n) is 6.59. The van der Waals surface area contributed by atoms with Crippen molar-refractivity contribution in [3.05, 3.63) is 0 Å². The van der Waals surface area contributed by atoms with Gasteiger partial charge in [-0.15, -0.1) is 0 Å². The molecule has 1 unspecified atom stereocenters. The van der Waals surface area contributed by atoms with Crippen LogP contribution in [0.2, 0.25) is 0 Å². The van der Waals surface area contributed by atoms with E-state index in [2.05, 4.69) is 0 Å². The molecule has 108 valence electrons. The number of rotatable bonds is 5. The van der Waals surface area contributed by atoms with Crippen LogP contribution >= 0.6 is 0 Å². The van der Waals surface area contributed by atoms with Crippen molar-refractivity contribution in [2.75, 3.05) is 18.1 Å². The summed E-state index contributed by atoms with van der Waals surface area (Å²) in [5, 5.41) is 8.89. The van der Waals surface area contributed by atoms with Crippen molar-refractivity contribution in [1.29, 1.82) is 0 Å². The lowest BCUT2D eigenvalue weighted by atomic mass is 9.82. The number of carboxylic acid groups (broad SMARTS) is 1. The van der Waals surface area contributed by atoms with Crippen LogP contribution in [-0.4, -0.2) is 54.4 Å². The van der Waals surface area contributed by atoms with Crippen molar-refractivity contribution in [2.24, 2.45) is 5.92 Å². The van der Waals surface area contributed by atoms with Crippen LogP contribution in [0.4, 0.5) is 0 Å². The van der Waals surface area contributed by atoms with Crippen molar-refractivity contribution in [3.63, 3.8) is 0 Å². The molecule has 1 aliphatic heterocycles. The quantitative estimate of drug-likeness (QED) is 0.784. The Kier molecular flexibility index (Phi) is 4.13. The SMILES string of the molecule is O=C(O)CN(C(=O)CC1CCC1)C1CCS(=O)(=O)C1. The van der Waals surface area contributed by atoms with Gasteiger partial charge in [0.25, 0.3) is 0 Å². The maximum Gasteiger partial charge on any atom is 0.323 e. The van der Waals surface area contributed by atoms with Gasteiger partial charge in [-0.2, -0.15) is 0 Å². The molecule has 1 saturated carbocycles. The number of aliphatic carboxylic acids is 1. The number of sulfone groups is 1. The average molecular weight is 289 g/mol. The molecule has 1 atom stereocenters. The summed E-state index contributed by atoms with van der Waals surface area (Å²) in [6.07, 6.45) is 3.84. The first-order valence-corrected chi connectivity index (χ1v) is 8.41. The third-order valence-corrected chi connectivity index (χ3v) is 5.71. The molecule has 0 aromatic rings. The van der Waals surface area contributed by atoms with Gasteiger partial charge in [-0.1, -0.05) is 6.42 Å². The second kappa shape index (κ2) is 5.48. The Bertz CT molecular complexity index is 469. The lowest BCUT2D eigenvalue weighted by Gasteiger charge is -2.31. The number of carbonyl (C=O) groups excluding carboxylic acids is 1. The minimum Gasteiger partial charge on any atom is -0.480 e. The van der Waals surface area contributed by atoms with Gasteiger partial charge in [-0.25, -0.2) is 8.42 Å². The van der Waals surface area contributed by atoms with Gasteiger partial charge in [0.1, 0.15) is 6.54 Å². The predicted octanol–water partition coefficient (Wildman–Crippen LogP) is 0.277. The van der Waals surface area contributed by atoms with E-state index in [1.165, 1.54) is 4.90 Å². The molecule has 1 aliphatic carbocycles. The molecule has 1 saturated heterocycles. The molecule has 1 N–H and O–H groups in total. The highest BCUT2D eigenvalue weighted by Crippen LogP contribution is 2.30. The molecular weight excluding hydrogens is 270 g/mol. The van der Waals surface area contributed by atoms with Crippen molar-refractivity contribution < 1.29 is 23.1 Å². The summed E-state index contributed by atoms with van der Waals surface area (Å²) >= 11 is 0. The number of hydrogen-bond donors (Lipinski definition) is 1. The van der Waals surface area contributed by atoms with Gasteiger partial charge in [0.2, 0.25) is 5.91 Å². The standard InChI is InChI=1S/C12H19NO5S/c14-11(6-9-2-1-3-9)13(7-12(15)16)10-4-5-19(17,18)8-10/h9-10H,1-8H2,(H,15,16). The smallest absolute Gasteiger partial charge is 0.323 e. The van der Waals surface area contributed by atoms with Crippen LogP contribution in [-0.2, 0) is 19.4 Å². The van der Waals surface area contributed by atoms with E-state index in [0.29, 0.717) is 18.8 Å². The molecule has 2 rings (SSSR count). The number of nitrogens with zero attached hydrogens (tertiary/aromatic N) is 1. The molecule has 19 heavy (non-hydrogen) atoms. The lowest BCUT2D eigenvalue weighted by Crippen LogP contribution is -2.45. The van der Waals surface area contributed by atoms with Crippen LogP contribution in [0.15, 0.2) is 0 Å². The summed E-state index contributed by atoms with van der Waals surface area (Å²) in [6, 6.07) is -0.464. The third-order valence-electron chi connectivity index (χ3n) is 3.96. The van der Waals surface area contributed by atoms with Gasteiger partial charge in [-0.05, 0) is 25.2 Å². The number of carboxylic acids is 1. The maximum absolute atomic E-state index is 12.1. The van der Waals surface area contributed by atoms with E-state index >= 15 is 0 Å². The summed E-state index contributed by atoms with van der Waals surface area (Å²) in [7, 11) is -3.12. The van der Waals surface area contributed by atoms with E-state index in [-0.39, 0.29) is 17.4 Å². The van der Waals surface area contributed by atoms with Crippen molar-refractivity contribution in [1.82, 2.24) is 4.90 Å². The molecule has 2 fully saturated rings. The molecule has 1 heterocycles. The van der Waals surface area contributed by atoms with Crippen molar-refractivity contribution >= 4 is 21.7 Å². The normalized spacial score (nSPS) is 25.8. The average Bonchev–Trinajstić information content (AvgIpc) is 2.60. The van der Waals surface area contributed by atoms with E-state index < -0.39 is 28.4 Å². The Hall–Kier alpha value is -1.11. The van der Waals surface area contributed by atoms with Crippen molar-refractivity contribution in [2.45, 2.75) is 38.1 Å². The first kappa shape index (κ1) is 14.3. The van der Waals surface area contributed by atoms with Crippen LogP contribution in [0, 0.1) is 5.92 Å². The molecule has 0 aromatic carbocycles. The van der Waals surface area contributed by atoms with Gasteiger partial charge < -0.3 is 10.0 Å². The first-order chi connectivity index (χ1) is 8.87. The zero-order valence-electron chi connectivity index (χ0n) is 10.7. The van der Waals surface area contributed by atoms with Crippen LogP contribution in [0.5, 0.6) is 0 Å². The van der Waals surface area contributed by atoms with Gasteiger partial charge in [0.05, 0.1) is 11.5 Å². The highest BCUT2D eigenvalue weighted by Gasteiger charge is 2.36. The highest BCUT2D eigenvalue weighted by molar-refractivity contribution is 7.91. The third kappa shape index (κ3) is 3.68. The lowest BCUT2D eigenvalue weighted by molar-refractivity contribution is -0.146. The fraction of sp³-hybridized carbons (Fsp3) is 0.833. The van der Waals surface area contributed by atoms with Gasteiger partial charge in [0, 0.05) is 12.5 Å². The van der Waals surface area contributed by atoms with Crippen LogP contribution in [0.3, 0.4) is 0 Å². The summed E-state index contributed by atoms with van der Waals surface area (Å²) < 4.78 is 22.9. The Balaban J connectivity index is 2.02. The number of amides is 1. The second-order valence-corrected chi connectivity index (χ2v) is 7.70. The van der Waals surface area contributed by atoms with Crippen molar-refractivity contribution in [3.8, 4) is 0 Å². The molecule has 1 amide bonds. The minimum atomic E-state index is -3.12. The van der Waals surface area contributed by atoms with Crippen LogP contribution < -0.4 is 0 Å². The molecule has 0 bridgehead atoms. The Morgan fingerprint density at radius 2 is 1.89 bits per heavy atom. The number of carbonyl (C=O) groups is 2. The zero-order chi connectivity index (χ0) is 14.0. The number of hydrogen-bond acceptors (Lipinski definition) is 4. The van der Waals surface area contributed by atoms with Crippen LogP contribution in [0.1, 0.15) is 32.1 Å². The van der Waals surface area contributed by atoms with Gasteiger partial charge >= 0.3 is 5.97 Å². The topological polar surface area (TPSA) is 91.8 Å². The van der Waals surface area contributed by atoms with E-state index in [0.717, 1.165) is 19.3 Å². The van der Waals surface area contributed by atoms with Gasteiger partial charge in [0.15, 0.2) is 9.84 Å². The molecule has 7 heteroatoms. The molecule has 2 aliphatic rings. The fourth-order valence-electron chi connectivity index (χ4n) is 2.65. The Labute approximate surface area is 112 Å². The minimum absolute atomic E-state index is 0.0461. The van der Waals surface area contributed by atoms with Gasteiger partial charge in [-0.3, -0.25) is 9.59 Å². The Morgan fingerprint density at radius 3 is 2.32 bits per heavy atom. The summed E-state index contributed by atoms with van der Waals surface area (Å²) in [5.74, 6) is -1.01. The van der Waals surface area contributed by atoms with E-state index in [4.69, 9.17) is 5.11 Å². The largest absolute Gasteiger partial charge is 0.480 e. The molecule has 0 aromatic heterocycles. The molecule has 0 spiro atoms. The summed E-state index contributed by atoms with van der Waals surface area (Å²) in [5.41, 5.74) is 0. The summed E-state index contributed by atoms with van der Waals surface area (Å²) in [6.45, 7) is -0.397. The zero-order valence-corrected chi connectivity index (χ0v) is 11.6. The monoisotopic (exact) mass is 289 g/mol. The predicted molar refractivity (Wildman–Crippen MR) is 68.4 cm³/mol. The second-order valence-electron chi connectivity index (χ2n) is 5.47. The van der Waals surface area contributed by atoms with Crippen LogP contribution in [0.25, 0.3) is 0 Å². The summed E-state index contributed by atoms with van der Waals surface area (Å²) in [4.78, 5) is 24.3. The molecule has 0 radical (unpaired) electrons. The highest BCUT2D eigenvalue weighted by atomic mass is 32.2. The molecule has 6 nitrogen and oxygen atoms in total. The molecular formula is C12H19NO5S. The Morgan fingerprint density at radius 1 is 1.21 bits per heavy atom.